The Morgan fingerprint density at radius 1 is 0.701 bits per heavy atom. The van der Waals surface area contributed by atoms with E-state index in [0.29, 0.717) is 75.7 Å². The van der Waals surface area contributed by atoms with Gasteiger partial charge in [-0.1, -0.05) is 60.7 Å². The van der Waals surface area contributed by atoms with E-state index >= 15 is 0 Å². The predicted molar refractivity (Wildman–Crippen MR) is 330 cm³/mol. The number of amides is 8. The molecule has 9 atom stereocenters. The number of rotatable bonds is 4. The zero-order chi connectivity index (χ0) is 62.2. The number of fused-ring (bicyclic) bond motifs is 12. The van der Waals surface area contributed by atoms with Crippen LogP contribution in [0.5, 0.6) is 11.5 Å². The first kappa shape index (κ1) is 65.1. The number of phenolic OH excluding ortho intramolecular Hbond substituents is 1. The van der Waals surface area contributed by atoms with E-state index in [0.717, 1.165) is 11.1 Å². The molecule has 0 radical (unpaired) electrons. The molecule has 87 heavy (non-hydrogen) atoms. The molecular formula is C63H77FN10O11S2. The number of aromatic amines is 1. The molecule has 0 saturated carbocycles. The molecule has 6 bridgehead atoms. The molecule has 5 aromatic rings. The van der Waals surface area contributed by atoms with E-state index in [1.165, 1.54) is 49.9 Å². The fourth-order valence-corrected chi connectivity index (χ4v) is 12.3. The Morgan fingerprint density at radius 3 is 2.13 bits per heavy atom. The molecule has 1 fully saturated rings. The van der Waals surface area contributed by atoms with E-state index in [4.69, 9.17) is 4.74 Å². The highest BCUT2D eigenvalue weighted by atomic mass is 32.2. The number of H-pyrrole nitrogens is 1. The van der Waals surface area contributed by atoms with Gasteiger partial charge in [-0.05, 0) is 124 Å². The van der Waals surface area contributed by atoms with E-state index in [1.807, 2.05) is 18.2 Å². The van der Waals surface area contributed by atoms with Crippen molar-refractivity contribution in [3.63, 3.8) is 0 Å². The van der Waals surface area contributed by atoms with E-state index in [1.54, 1.807) is 91.3 Å². The van der Waals surface area contributed by atoms with Gasteiger partial charge in [-0.15, -0.1) is 0 Å². The van der Waals surface area contributed by atoms with Crippen molar-refractivity contribution >= 4 is 81.7 Å². The summed E-state index contributed by atoms with van der Waals surface area (Å²) in [6.07, 6.45) is 3.80. The fourth-order valence-electron chi connectivity index (χ4n) is 10.7. The molecule has 3 aliphatic rings. The Bertz CT molecular complexity index is 3310. The molecular weight excluding hydrogens is 1160 g/mol. The number of aliphatic hydroxyl groups is 1. The number of phenols is 1. The van der Waals surface area contributed by atoms with E-state index in [-0.39, 0.29) is 62.8 Å². The average molecular weight is 1230 g/mol. The summed E-state index contributed by atoms with van der Waals surface area (Å²) in [5.74, 6) is -2.69. The van der Waals surface area contributed by atoms with Gasteiger partial charge in [0, 0.05) is 72.5 Å². The van der Waals surface area contributed by atoms with Crippen molar-refractivity contribution < 1.29 is 57.7 Å². The Morgan fingerprint density at radius 2 is 1.37 bits per heavy atom. The van der Waals surface area contributed by atoms with Crippen molar-refractivity contribution in [1.29, 1.82) is 0 Å². The summed E-state index contributed by atoms with van der Waals surface area (Å²) in [4.78, 5) is 118. The van der Waals surface area contributed by atoms with Crippen LogP contribution in [-0.2, 0) is 69.1 Å². The van der Waals surface area contributed by atoms with Crippen LogP contribution in [0.25, 0.3) is 10.9 Å². The van der Waals surface area contributed by atoms with E-state index < -0.39 is 95.3 Å². The maximum atomic E-state index is 14.8. The van der Waals surface area contributed by atoms with Crippen LogP contribution in [-0.4, -0.2) is 153 Å². The standard InChI is InChI=1S/C63H77FN10O11S2/c1-37-55(77)68-38(2)56(78)71-51-31-41-10-8-13-47(29-41)85-25-6-5-14-50(70-60(82)52(72-59(51)81)32-44-34-66-49-20-17-45(64)33-48(44)49)58(80)69-39(3)57(79)73-53(30-40-15-18-46(75)19-16-40)61(83)74-24-9-22-63(74,4)62(84)65-23-27-87-36-43-12-7-11-42(28-43)35-86-26-21-54(76)67-37/h5-8,10-13,15-20,28-29,33-34,37-39,50-53,60,66,70,75,82H,9,14,21-27,30-32,35-36H2,1-4H3,(H,65,84)(H,67,76)(H,68,77)(H,69,80)(H,71,78)(H,72,81)(H,73,79)/b6-5-/t37-,38+,39-,50-,51+,52?,53-,60?,63-/m0/s1. The minimum Gasteiger partial charge on any atom is -0.508 e. The highest BCUT2D eigenvalue weighted by molar-refractivity contribution is 7.98. The zero-order valence-corrected chi connectivity index (χ0v) is 50.8. The highest BCUT2D eigenvalue weighted by Gasteiger charge is 2.47. The van der Waals surface area contributed by atoms with Crippen LogP contribution in [0, 0.1) is 5.82 Å². The number of ether oxygens (including phenoxy) is 1. The lowest BCUT2D eigenvalue weighted by molar-refractivity contribution is -0.146. The van der Waals surface area contributed by atoms with Crippen molar-refractivity contribution in [2.75, 3.05) is 31.2 Å². The van der Waals surface area contributed by atoms with Crippen LogP contribution >= 0.6 is 23.5 Å². The number of aromatic nitrogens is 1. The van der Waals surface area contributed by atoms with Crippen molar-refractivity contribution in [3.8, 4) is 11.5 Å². The third-order valence-electron chi connectivity index (χ3n) is 15.6. The Hall–Kier alpha value is -7.93. The number of hydrogen-bond donors (Lipinski definition) is 11. The highest BCUT2D eigenvalue weighted by Crippen LogP contribution is 2.31. The monoisotopic (exact) mass is 1230 g/mol. The molecule has 21 nitrogen and oxygen atoms in total. The third kappa shape index (κ3) is 18.1. The number of thioether (sulfide) groups is 2. The van der Waals surface area contributed by atoms with E-state index in [9.17, 15) is 53.0 Å². The van der Waals surface area contributed by atoms with Gasteiger partial charge in [0.15, 0.2) is 0 Å². The molecule has 1 saturated heterocycles. The molecule has 3 aliphatic heterocycles. The van der Waals surface area contributed by atoms with Crippen LogP contribution in [0.4, 0.5) is 4.39 Å². The molecule has 4 heterocycles. The number of nitrogens with zero attached hydrogens (tertiary/aromatic N) is 1. The van der Waals surface area contributed by atoms with Crippen molar-refractivity contribution in [2.45, 2.75) is 138 Å². The molecule has 4 aromatic carbocycles. The van der Waals surface area contributed by atoms with Gasteiger partial charge in [-0.3, -0.25) is 43.7 Å². The Kier molecular flexibility index (Phi) is 22.9. The quantitative estimate of drug-likeness (QED) is 0.115. The van der Waals surface area contributed by atoms with Gasteiger partial charge < -0.3 is 62.1 Å². The first-order valence-electron chi connectivity index (χ1n) is 29.2. The first-order chi connectivity index (χ1) is 41.7. The number of hydrogen-bond acceptors (Lipinski definition) is 14. The fraction of sp³-hybridized carbons (Fsp3) is 0.429. The summed E-state index contributed by atoms with van der Waals surface area (Å²) in [6, 6.07) is 16.5. The van der Waals surface area contributed by atoms with Gasteiger partial charge in [-0.2, -0.15) is 23.5 Å². The maximum absolute atomic E-state index is 14.8. The maximum Gasteiger partial charge on any atom is 0.246 e. The van der Waals surface area contributed by atoms with Crippen molar-refractivity contribution in [2.24, 2.45) is 0 Å². The van der Waals surface area contributed by atoms with Crippen LogP contribution in [0.2, 0.25) is 0 Å². The molecule has 11 N–H and O–H groups in total. The van der Waals surface area contributed by atoms with Gasteiger partial charge >= 0.3 is 0 Å². The lowest BCUT2D eigenvalue weighted by Crippen LogP contribution is -2.62. The SMILES string of the molecule is C[C@@H]1NC(=O)CCSCc2cccc(c2)CSCCNC(=O)[C@]2(C)CCCN2C(=O)[C@H](Cc2ccc(O)cc2)NC(=O)[C@H](C)NC(=O)[C@@H]2C/C=C\COc3cccc(c3)C[C@@H](NC(=O)[C@@H](C)NC1=O)C(=O)NC(Cc1c[nH]c3ccc(F)cc13)C(O)N2. The third-order valence-corrected chi connectivity index (χ3v) is 17.7. The van der Waals surface area contributed by atoms with Gasteiger partial charge in [-0.25, -0.2) is 4.39 Å². The number of carbonyl (C=O) groups is 8. The van der Waals surface area contributed by atoms with Crippen LogP contribution in [0.15, 0.2) is 109 Å². The Balaban J connectivity index is 1.09. The smallest absolute Gasteiger partial charge is 0.246 e. The lowest BCUT2D eigenvalue weighted by Gasteiger charge is -2.36. The molecule has 0 aliphatic carbocycles. The summed E-state index contributed by atoms with van der Waals surface area (Å²) >= 11 is 3.19. The second kappa shape index (κ2) is 30.6. The molecule has 8 amide bonds. The van der Waals surface area contributed by atoms with Gasteiger partial charge in [0.2, 0.25) is 47.3 Å². The second-order valence-electron chi connectivity index (χ2n) is 22.4. The van der Waals surface area contributed by atoms with Gasteiger partial charge in [0.1, 0.15) is 65.9 Å². The number of halogens is 1. The predicted octanol–water partition coefficient (Wildman–Crippen LogP) is 3.69. The molecule has 1 aromatic heterocycles. The molecule has 2 unspecified atom stereocenters. The van der Waals surface area contributed by atoms with Gasteiger partial charge in [0.25, 0.3) is 0 Å². The average Bonchev–Trinajstić information content (AvgIpc) is 2.25. The minimum absolute atomic E-state index is 0.00646. The summed E-state index contributed by atoms with van der Waals surface area (Å²) in [5, 5.41) is 45.3. The first-order valence-corrected chi connectivity index (χ1v) is 31.5. The lowest BCUT2D eigenvalue weighted by atomic mass is 9.95. The molecule has 464 valence electrons. The largest absolute Gasteiger partial charge is 0.508 e. The molecule has 8 rings (SSSR count). The number of carbonyl (C=O) groups excluding carboxylic acids is 8. The number of benzene rings is 4. The molecule has 24 heteroatoms. The summed E-state index contributed by atoms with van der Waals surface area (Å²) in [7, 11) is 0. The minimum atomic E-state index is -1.75. The van der Waals surface area contributed by atoms with Crippen LogP contribution < -0.4 is 47.3 Å². The zero-order valence-electron chi connectivity index (χ0n) is 49.1. The topological polar surface area (TPSA) is 302 Å². The van der Waals surface area contributed by atoms with Gasteiger partial charge in [0.05, 0.1) is 12.1 Å². The van der Waals surface area contributed by atoms with Crippen molar-refractivity contribution in [3.05, 3.63) is 143 Å². The Labute approximate surface area is 513 Å². The van der Waals surface area contributed by atoms with Crippen LogP contribution in [0.1, 0.15) is 81.2 Å². The molecule has 0 spiro atoms. The second-order valence-corrected chi connectivity index (χ2v) is 24.6. The number of nitrogens with one attached hydrogen (secondary N) is 9. The summed E-state index contributed by atoms with van der Waals surface area (Å²) < 4.78 is 20.8. The normalized spacial score (nSPS) is 26.5. The van der Waals surface area contributed by atoms with Crippen molar-refractivity contribution in [1.82, 2.24) is 52.4 Å². The number of aliphatic hydroxyl groups excluding tert-OH is 1. The summed E-state index contributed by atoms with van der Waals surface area (Å²) in [6.45, 7) is 6.65. The van der Waals surface area contributed by atoms with E-state index in [2.05, 4.69) is 53.6 Å². The summed E-state index contributed by atoms with van der Waals surface area (Å²) in [5.41, 5.74) is 3.09. The number of aromatic hydroxyl groups is 1. The van der Waals surface area contributed by atoms with Crippen LogP contribution in [0.3, 0.4) is 0 Å².